The monoisotopic (exact) mass is 475 g/mol. The summed E-state index contributed by atoms with van der Waals surface area (Å²) in [6, 6.07) is 7.53. The van der Waals surface area contributed by atoms with Crippen molar-refractivity contribution >= 4 is 17.9 Å². The summed E-state index contributed by atoms with van der Waals surface area (Å²) in [5.41, 5.74) is 0.0585. The van der Waals surface area contributed by atoms with Gasteiger partial charge in [0.1, 0.15) is 17.7 Å². The van der Waals surface area contributed by atoms with Crippen molar-refractivity contribution in [2.75, 3.05) is 6.54 Å². The van der Waals surface area contributed by atoms with Gasteiger partial charge in [-0.3, -0.25) is 9.59 Å². The Labute approximate surface area is 206 Å². The number of ether oxygens (including phenoxy) is 1. The summed E-state index contributed by atoms with van der Waals surface area (Å²) >= 11 is 0. The molecule has 1 aromatic rings. The van der Waals surface area contributed by atoms with Gasteiger partial charge in [-0.1, -0.05) is 64.4 Å². The van der Waals surface area contributed by atoms with Crippen LogP contribution >= 0.6 is 0 Å². The van der Waals surface area contributed by atoms with Crippen molar-refractivity contribution in [2.24, 2.45) is 5.92 Å². The molecular weight excluding hydrogens is 430 g/mol. The highest BCUT2D eigenvalue weighted by atomic mass is 16.6. The number of hydrogen-bond donors (Lipinski definition) is 2. The molecule has 0 saturated carbocycles. The molecule has 192 valence electrons. The zero-order valence-corrected chi connectivity index (χ0v) is 22.3. The van der Waals surface area contributed by atoms with Crippen molar-refractivity contribution < 1.29 is 19.1 Å². The van der Waals surface area contributed by atoms with Crippen LogP contribution in [0.1, 0.15) is 92.7 Å². The molecule has 0 spiro atoms. The minimum absolute atomic E-state index is 0.149. The highest BCUT2D eigenvalue weighted by Gasteiger charge is 2.38. The van der Waals surface area contributed by atoms with Gasteiger partial charge in [0.2, 0.25) is 11.8 Å². The molecule has 0 heterocycles. The van der Waals surface area contributed by atoms with Crippen molar-refractivity contribution in [1.82, 2.24) is 15.5 Å². The smallest absolute Gasteiger partial charge is 0.408 e. The molecule has 0 aliphatic rings. The highest BCUT2D eigenvalue weighted by Crippen LogP contribution is 2.27. The summed E-state index contributed by atoms with van der Waals surface area (Å²) < 4.78 is 5.42. The minimum Gasteiger partial charge on any atom is -0.444 e. The first-order valence-electron chi connectivity index (χ1n) is 12.6. The van der Waals surface area contributed by atoms with Crippen LogP contribution in [0.2, 0.25) is 0 Å². The van der Waals surface area contributed by atoms with E-state index in [2.05, 4.69) is 17.6 Å². The molecule has 0 aliphatic heterocycles. The predicted molar refractivity (Wildman–Crippen MR) is 136 cm³/mol. The lowest BCUT2D eigenvalue weighted by atomic mass is 9.97. The first-order chi connectivity index (χ1) is 15.9. The third-order valence-electron chi connectivity index (χ3n) is 5.49. The van der Waals surface area contributed by atoms with Crippen LogP contribution in [0.3, 0.4) is 0 Å². The Morgan fingerprint density at radius 2 is 1.65 bits per heavy atom. The number of alkyl carbamates (subject to hydrolysis) is 1. The van der Waals surface area contributed by atoms with Gasteiger partial charge in [-0.15, -0.1) is 0 Å². The lowest BCUT2D eigenvalue weighted by Crippen LogP contribution is -2.55. The molecule has 7 nitrogen and oxygen atoms in total. The van der Waals surface area contributed by atoms with Crippen molar-refractivity contribution in [1.29, 1.82) is 0 Å². The highest BCUT2D eigenvalue weighted by molar-refractivity contribution is 5.92. The predicted octanol–water partition coefficient (Wildman–Crippen LogP) is 5.21. The van der Waals surface area contributed by atoms with E-state index in [0.29, 0.717) is 19.4 Å². The quantitative estimate of drug-likeness (QED) is 0.406. The molecule has 2 N–H and O–H groups in total. The topological polar surface area (TPSA) is 87.7 Å². The Kier molecular flexibility index (Phi) is 12.1. The van der Waals surface area contributed by atoms with Gasteiger partial charge in [0.25, 0.3) is 0 Å². The molecule has 0 bridgehead atoms. The fraction of sp³-hybridized carbons (Fsp3) is 0.667. The third kappa shape index (κ3) is 9.74. The number of nitrogens with zero attached hydrogens (tertiary/aromatic N) is 1. The molecule has 34 heavy (non-hydrogen) atoms. The fourth-order valence-electron chi connectivity index (χ4n) is 3.68. The molecule has 0 aromatic heterocycles. The average Bonchev–Trinajstić information content (AvgIpc) is 2.75. The molecule has 3 unspecified atom stereocenters. The standard InChI is InChI=1S/C27H45N3O4/c1-9-11-17-28-24(31)23(21-15-13-12-14-16-21)30(20(5)10-2)25(32)22(18-19(3)4)29-26(33)34-27(6,7)8/h12-16,19-20,22-23H,9-11,17-18H2,1-8H3,(H,28,31)(H,29,33). The normalized spacial score (nSPS) is 14.1. The number of benzene rings is 1. The maximum Gasteiger partial charge on any atom is 0.408 e. The lowest BCUT2D eigenvalue weighted by Gasteiger charge is -2.38. The molecule has 3 atom stereocenters. The number of carbonyl (C=O) groups is 3. The largest absolute Gasteiger partial charge is 0.444 e. The SMILES string of the molecule is CCCCNC(=O)C(c1ccccc1)N(C(=O)C(CC(C)C)NC(=O)OC(C)(C)C)C(C)CC. The number of hydrogen-bond acceptors (Lipinski definition) is 4. The summed E-state index contributed by atoms with van der Waals surface area (Å²) in [6.07, 6.45) is 2.28. The van der Waals surface area contributed by atoms with Crippen LogP contribution in [-0.4, -0.2) is 47.0 Å². The fourth-order valence-corrected chi connectivity index (χ4v) is 3.68. The first-order valence-corrected chi connectivity index (χ1v) is 12.6. The van der Waals surface area contributed by atoms with Crippen LogP contribution in [-0.2, 0) is 14.3 Å². The molecular formula is C27H45N3O4. The average molecular weight is 476 g/mol. The first kappa shape index (κ1) is 29.5. The van der Waals surface area contributed by atoms with Gasteiger partial charge in [0, 0.05) is 12.6 Å². The van der Waals surface area contributed by atoms with Crippen molar-refractivity contribution in [3.05, 3.63) is 35.9 Å². The number of nitrogens with one attached hydrogen (secondary N) is 2. The van der Waals surface area contributed by atoms with E-state index in [1.807, 2.05) is 58.0 Å². The van der Waals surface area contributed by atoms with Crippen LogP contribution in [0.25, 0.3) is 0 Å². The lowest BCUT2D eigenvalue weighted by molar-refractivity contribution is -0.145. The van der Waals surface area contributed by atoms with Crippen molar-refractivity contribution in [3.63, 3.8) is 0 Å². The maximum atomic E-state index is 14.0. The second kappa shape index (κ2) is 14.0. The molecule has 1 aromatic carbocycles. The van der Waals surface area contributed by atoms with E-state index in [0.717, 1.165) is 18.4 Å². The minimum atomic E-state index is -0.807. The molecule has 0 aliphatic carbocycles. The number of carbonyl (C=O) groups excluding carboxylic acids is 3. The maximum absolute atomic E-state index is 14.0. The van der Waals surface area contributed by atoms with Crippen molar-refractivity contribution in [3.8, 4) is 0 Å². The molecule has 3 amide bonds. The molecule has 0 radical (unpaired) electrons. The molecule has 7 heteroatoms. The van der Waals surface area contributed by atoms with Gasteiger partial charge in [-0.25, -0.2) is 4.79 Å². The Bertz CT molecular complexity index is 774. The Morgan fingerprint density at radius 1 is 1.03 bits per heavy atom. The van der Waals surface area contributed by atoms with E-state index in [-0.39, 0.29) is 23.8 Å². The summed E-state index contributed by atoms with van der Waals surface area (Å²) in [4.78, 5) is 41.6. The van der Waals surface area contributed by atoms with Crippen LogP contribution in [0, 0.1) is 5.92 Å². The van der Waals surface area contributed by atoms with Gasteiger partial charge in [-0.05, 0) is 58.4 Å². The number of rotatable bonds is 12. The van der Waals surface area contributed by atoms with E-state index < -0.39 is 23.8 Å². The second-order valence-electron chi connectivity index (χ2n) is 10.3. The van der Waals surface area contributed by atoms with E-state index in [9.17, 15) is 14.4 Å². The third-order valence-corrected chi connectivity index (χ3v) is 5.49. The Hall–Kier alpha value is -2.57. The van der Waals surface area contributed by atoms with Gasteiger partial charge in [0.05, 0.1) is 0 Å². The molecule has 0 saturated heterocycles. The molecule has 1 rings (SSSR count). The van der Waals surface area contributed by atoms with E-state index in [1.165, 1.54) is 0 Å². The summed E-state index contributed by atoms with van der Waals surface area (Å²) in [5, 5.41) is 5.78. The van der Waals surface area contributed by atoms with E-state index in [4.69, 9.17) is 4.74 Å². The van der Waals surface area contributed by atoms with Crippen molar-refractivity contribution in [2.45, 2.75) is 105 Å². The number of unbranched alkanes of at least 4 members (excludes halogenated alkanes) is 1. The summed E-state index contributed by atoms with van der Waals surface area (Å²) in [5.74, 6) is -0.349. The Morgan fingerprint density at radius 3 is 2.15 bits per heavy atom. The Balaban J connectivity index is 3.40. The molecule has 0 fully saturated rings. The van der Waals surface area contributed by atoms with Crippen LogP contribution < -0.4 is 10.6 Å². The van der Waals surface area contributed by atoms with E-state index >= 15 is 0 Å². The number of amides is 3. The summed E-state index contributed by atoms with van der Waals surface area (Å²) in [7, 11) is 0. The van der Waals surface area contributed by atoms with Crippen LogP contribution in [0.15, 0.2) is 30.3 Å². The van der Waals surface area contributed by atoms with Gasteiger partial charge in [-0.2, -0.15) is 0 Å². The van der Waals surface area contributed by atoms with Gasteiger partial charge in [0.15, 0.2) is 0 Å². The summed E-state index contributed by atoms with van der Waals surface area (Å²) in [6.45, 7) is 15.9. The van der Waals surface area contributed by atoms with Gasteiger partial charge < -0.3 is 20.3 Å². The zero-order chi connectivity index (χ0) is 25.9. The van der Waals surface area contributed by atoms with Crippen LogP contribution in [0.5, 0.6) is 0 Å². The van der Waals surface area contributed by atoms with E-state index in [1.54, 1.807) is 25.7 Å². The van der Waals surface area contributed by atoms with Crippen LogP contribution in [0.4, 0.5) is 4.79 Å². The second-order valence-corrected chi connectivity index (χ2v) is 10.3. The van der Waals surface area contributed by atoms with Gasteiger partial charge >= 0.3 is 6.09 Å². The zero-order valence-electron chi connectivity index (χ0n) is 22.3.